The van der Waals surface area contributed by atoms with E-state index in [0.29, 0.717) is 16.9 Å². The molecule has 130 valence electrons. The number of Topliss-reactive ketones (excluding diaryl/α,β-unsaturated/α-hetero) is 1. The average molecular weight is 342 g/mol. The summed E-state index contributed by atoms with van der Waals surface area (Å²) < 4.78 is 13.1. The highest BCUT2D eigenvalue weighted by molar-refractivity contribution is 5.97. The molecule has 0 heterocycles. The summed E-state index contributed by atoms with van der Waals surface area (Å²) in [6.07, 6.45) is 0.0601. The van der Waals surface area contributed by atoms with Crippen molar-refractivity contribution in [3.8, 4) is 0 Å². The van der Waals surface area contributed by atoms with Crippen molar-refractivity contribution in [2.75, 3.05) is 16.8 Å². The van der Waals surface area contributed by atoms with Gasteiger partial charge in [0.1, 0.15) is 5.82 Å². The van der Waals surface area contributed by atoms with Gasteiger partial charge in [-0.2, -0.15) is 0 Å². The lowest BCUT2D eigenvalue weighted by atomic mass is 10.1. The molecule has 0 bridgehead atoms. The number of carbonyl (C=O) groups is 3. The van der Waals surface area contributed by atoms with Crippen LogP contribution in [0.4, 0.5) is 15.8 Å². The molecule has 25 heavy (non-hydrogen) atoms. The summed E-state index contributed by atoms with van der Waals surface area (Å²) in [5.74, 6) is -1.03. The van der Waals surface area contributed by atoms with E-state index >= 15 is 0 Å². The van der Waals surface area contributed by atoms with Crippen LogP contribution in [-0.4, -0.2) is 24.1 Å². The fourth-order valence-corrected chi connectivity index (χ4v) is 2.35. The van der Waals surface area contributed by atoms with Crippen molar-refractivity contribution < 1.29 is 18.8 Å². The molecule has 2 aromatic carbocycles. The van der Waals surface area contributed by atoms with Crippen LogP contribution in [0.3, 0.4) is 0 Å². The first-order chi connectivity index (χ1) is 11.9. The summed E-state index contributed by atoms with van der Waals surface area (Å²) in [5, 5.41) is 2.59. The van der Waals surface area contributed by atoms with Crippen LogP contribution >= 0.6 is 0 Å². The molecule has 1 N–H and O–H groups in total. The van der Waals surface area contributed by atoms with Crippen molar-refractivity contribution in [3.63, 3.8) is 0 Å². The van der Waals surface area contributed by atoms with E-state index in [1.54, 1.807) is 30.3 Å². The number of anilines is 2. The van der Waals surface area contributed by atoms with Crippen LogP contribution in [0.2, 0.25) is 0 Å². The van der Waals surface area contributed by atoms with Crippen molar-refractivity contribution in [3.05, 3.63) is 59.9 Å². The molecule has 5 nitrogen and oxygen atoms in total. The second kappa shape index (κ2) is 8.19. The van der Waals surface area contributed by atoms with E-state index in [-0.39, 0.29) is 30.6 Å². The van der Waals surface area contributed by atoms with E-state index in [4.69, 9.17) is 0 Å². The van der Waals surface area contributed by atoms with Crippen molar-refractivity contribution >= 4 is 29.0 Å². The van der Waals surface area contributed by atoms with E-state index in [9.17, 15) is 18.8 Å². The quantitative estimate of drug-likeness (QED) is 0.818. The molecule has 0 saturated heterocycles. The molecule has 0 spiro atoms. The Morgan fingerprint density at radius 2 is 1.72 bits per heavy atom. The lowest BCUT2D eigenvalue weighted by molar-refractivity contribution is -0.117. The first-order valence-corrected chi connectivity index (χ1v) is 7.81. The zero-order chi connectivity index (χ0) is 18.4. The maximum atomic E-state index is 13.1. The molecule has 6 heteroatoms. The van der Waals surface area contributed by atoms with E-state index < -0.39 is 5.82 Å². The largest absolute Gasteiger partial charge is 0.326 e. The van der Waals surface area contributed by atoms with Crippen molar-refractivity contribution in [2.24, 2.45) is 0 Å². The third kappa shape index (κ3) is 5.24. The molecule has 0 saturated carbocycles. The number of rotatable bonds is 6. The predicted molar refractivity (Wildman–Crippen MR) is 94.1 cm³/mol. The number of amides is 2. The SMILES string of the molecule is CC(=O)c1ccc(N(CCC(=O)Nc2cccc(F)c2)C(C)=O)cc1. The van der Waals surface area contributed by atoms with E-state index in [2.05, 4.69) is 5.32 Å². The maximum Gasteiger partial charge on any atom is 0.226 e. The fourth-order valence-electron chi connectivity index (χ4n) is 2.35. The van der Waals surface area contributed by atoms with E-state index in [0.717, 1.165) is 0 Å². The van der Waals surface area contributed by atoms with Crippen LogP contribution in [0.25, 0.3) is 0 Å². The number of ketones is 1. The summed E-state index contributed by atoms with van der Waals surface area (Å²) in [4.78, 5) is 36.6. The molecule has 2 rings (SSSR count). The van der Waals surface area contributed by atoms with Gasteiger partial charge in [-0.15, -0.1) is 0 Å². The molecule has 0 fully saturated rings. The average Bonchev–Trinajstić information content (AvgIpc) is 2.55. The first kappa shape index (κ1) is 18.3. The summed E-state index contributed by atoms with van der Waals surface area (Å²) in [7, 11) is 0. The van der Waals surface area contributed by atoms with Gasteiger partial charge in [0.25, 0.3) is 0 Å². The molecule has 0 unspecified atom stereocenters. The van der Waals surface area contributed by atoms with Crippen LogP contribution < -0.4 is 10.2 Å². The molecular weight excluding hydrogens is 323 g/mol. The summed E-state index contributed by atoms with van der Waals surface area (Å²) in [6.45, 7) is 3.05. The van der Waals surface area contributed by atoms with Gasteiger partial charge in [0.05, 0.1) is 0 Å². The Morgan fingerprint density at radius 1 is 1.04 bits per heavy atom. The van der Waals surface area contributed by atoms with Gasteiger partial charge in [0, 0.05) is 36.8 Å². The summed E-state index contributed by atoms with van der Waals surface area (Å²) >= 11 is 0. The molecule has 0 aliphatic carbocycles. The maximum absolute atomic E-state index is 13.1. The van der Waals surface area contributed by atoms with E-state index in [1.807, 2.05) is 0 Å². The van der Waals surface area contributed by atoms with Crippen LogP contribution in [0.15, 0.2) is 48.5 Å². The first-order valence-electron chi connectivity index (χ1n) is 7.81. The zero-order valence-corrected chi connectivity index (χ0v) is 14.1. The Bertz CT molecular complexity index is 788. The number of hydrogen-bond donors (Lipinski definition) is 1. The van der Waals surface area contributed by atoms with Crippen LogP contribution in [-0.2, 0) is 9.59 Å². The van der Waals surface area contributed by atoms with Gasteiger partial charge in [0.15, 0.2) is 5.78 Å². The molecule has 0 aromatic heterocycles. The van der Waals surface area contributed by atoms with Crippen molar-refractivity contribution in [2.45, 2.75) is 20.3 Å². The van der Waals surface area contributed by atoms with Gasteiger partial charge in [-0.05, 0) is 49.4 Å². The van der Waals surface area contributed by atoms with Crippen LogP contribution in [0.1, 0.15) is 30.6 Å². The van der Waals surface area contributed by atoms with Gasteiger partial charge in [-0.3, -0.25) is 14.4 Å². The number of carbonyl (C=O) groups excluding carboxylic acids is 3. The lowest BCUT2D eigenvalue weighted by Gasteiger charge is -2.21. The molecule has 0 radical (unpaired) electrons. The number of halogens is 1. The Labute approximate surface area is 145 Å². The smallest absolute Gasteiger partial charge is 0.226 e. The minimum atomic E-state index is -0.436. The second-order valence-electron chi connectivity index (χ2n) is 5.58. The highest BCUT2D eigenvalue weighted by atomic mass is 19.1. The van der Waals surface area contributed by atoms with E-state index in [1.165, 1.54) is 36.9 Å². The molecule has 0 aliphatic heterocycles. The Kier molecular flexibility index (Phi) is 6.00. The van der Waals surface area contributed by atoms with Crippen molar-refractivity contribution in [1.82, 2.24) is 0 Å². The monoisotopic (exact) mass is 342 g/mol. The third-order valence-electron chi connectivity index (χ3n) is 3.64. The zero-order valence-electron chi connectivity index (χ0n) is 14.1. The van der Waals surface area contributed by atoms with Gasteiger partial charge >= 0.3 is 0 Å². The lowest BCUT2D eigenvalue weighted by Crippen LogP contribution is -2.32. The standard InChI is InChI=1S/C19H19FN2O3/c1-13(23)15-6-8-18(9-7-15)22(14(2)24)11-10-19(25)21-17-5-3-4-16(20)12-17/h3-9,12H,10-11H2,1-2H3,(H,21,25). The highest BCUT2D eigenvalue weighted by Crippen LogP contribution is 2.17. The molecular formula is C19H19FN2O3. The number of hydrogen-bond acceptors (Lipinski definition) is 3. The Hall–Kier alpha value is -3.02. The topological polar surface area (TPSA) is 66.5 Å². The normalized spacial score (nSPS) is 10.2. The van der Waals surface area contributed by atoms with Gasteiger partial charge in [-0.1, -0.05) is 6.07 Å². The van der Waals surface area contributed by atoms with Gasteiger partial charge in [-0.25, -0.2) is 4.39 Å². The third-order valence-corrected chi connectivity index (χ3v) is 3.64. The number of nitrogens with one attached hydrogen (secondary N) is 1. The van der Waals surface area contributed by atoms with Gasteiger partial charge < -0.3 is 10.2 Å². The Morgan fingerprint density at radius 3 is 2.28 bits per heavy atom. The van der Waals surface area contributed by atoms with Crippen LogP contribution in [0, 0.1) is 5.82 Å². The number of benzene rings is 2. The summed E-state index contributed by atoms with van der Waals surface area (Å²) in [6, 6.07) is 12.2. The molecule has 2 amide bonds. The summed E-state index contributed by atoms with van der Waals surface area (Å²) in [5.41, 5.74) is 1.53. The molecule has 0 atom stereocenters. The minimum absolute atomic E-state index is 0.0598. The fraction of sp³-hybridized carbons (Fsp3) is 0.211. The Balaban J connectivity index is 2.00. The molecule has 0 aliphatic rings. The predicted octanol–water partition coefficient (Wildman–Crippen LogP) is 3.41. The van der Waals surface area contributed by atoms with Crippen LogP contribution in [0.5, 0.6) is 0 Å². The second-order valence-corrected chi connectivity index (χ2v) is 5.58. The van der Waals surface area contributed by atoms with Crippen molar-refractivity contribution in [1.29, 1.82) is 0 Å². The van der Waals surface area contributed by atoms with Gasteiger partial charge in [0.2, 0.25) is 11.8 Å². The minimum Gasteiger partial charge on any atom is -0.326 e. The number of nitrogens with zero attached hydrogens (tertiary/aromatic N) is 1. The highest BCUT2D eigenvalue weighted by Gasteiger charge is 2.14. The molecule has 2 aromatic rings.